The minimum Gasteiger partial charge on any atom is -0.394 e. The maximum atomic E-state index is 13.4. The van der Waals surface area contributed by atoms with E-state index in [-0.39, 0.29) is 18.9 Å². The van der Waals surface area contributed by atoms with Crippen molar-refractivity contribution < 1.29 is 64.6 Å². The molecule has 0 spiro atoms. The third-order valence-corrected chi connectivity index (χ3v) is 19.9. The standard InChI is InChI=1S/C79H151NO13/c1-3-5-7-9-11-13-15-17-19-21-23-25-27-29-31-33-34-35-36-38-40-42-44-46-48-50-52-54-56-58-60-62-68(83)67(66-90-78-76(89)74(87)77(70(65-82)92-78)93-79-75(88)73(86)72(85)69(64-81)91-79)80-71(84)63-61-59-57-55-53-51-49-47-45-43-41-39-37-32-30-28-26-24-22-20-18-16-14-12-10-8-6-4-2/h52,54,60,62,67-70,72-79,81-83,85-89H,3-51,53,55-59,61,63-66H2,1-2H3,(H,80,84)/b54-52+,62-60+. The highest BCUT2D eigenvalue weighted by molar-refractivity contribution is 5.76. The van der Waals surface area contributed by atoms with Gasteiger partial charge < -0.3 is 65.1 Å². The highest BCUT2D eigenvalue weighted by Gasteiger charge is 2.51. The molecule has 12 unspecified atom stereocenters. The Bertz CT molecular complexity index is 1650. The number of carbonyl (C=O) groups is 1. The van der Waals surface area contributed by atoms with Crippen molar-refractivity contribution in [2.24, 2.45) is 0 Å². The maximum absolute atomic E-state index is 13.4. The molecule has 12 atom stereocenters. The molecule has 2 fully saturated rings. The van der Waals surface area contributed by atoms with Crippen molar-refractivity contribution >= 4 is 5.91 Å². The SMILES string of the molecule is CCCCCCCCCCCCCCCCCCCCCCCCCCC/C=C/CC/C=C/C(O)C(COC1OC(CO)C(OC2OC(CO)C(O)C(O)C2O)C(O)C1O)NC(=O)CCCCCCCCCCCCCCCCCCCCCCCCCCCCCC. The zero-order valence-corrected chi connectivity index (χ0v) is 60.3. The zero-order valence-electron chi connectivity index (χ0n) is 60.3. The number of allylic oxidation sites excluding steroid dienone is 3. The Kier molecular flexibility index (Phi) is 60.1. The van der Waals surface area contributed by atoms with Crippen molar-refractivity contribution in [3.05, 3.63) is 24.3 Å². The van der Waals surface area contributed by atoms with Crippen LogP contribution in [0.5, 0.6) is 0 Å². The molecule has 550 valence electrons. The quantitative estimate of drug-likeness (QED) is 0.0204. The Morgan fingerprint density at radius 1 is 0.376 bits per heavy atom. The number of aliphatic hydroxyl groups is 8. The molecule has 0 bridgehead atoms. The van der Waals surface area contributed by atoms with Gasteiger partial charge in [0.1, 0.15) is 48.8 Å². The summed E-state index contributed by atoms with van der Waals surface area (Å²) in [6, 6.07) is -0.930. The fourth-order valence-corrected chi connectivity index (χ4v) is 13.6. The van der Waals surface area contributed by atoms with Gasteiger partial charge in [0.25, 0.3) is 0 Å². The minimum atomic E-state index is -1.79. The van der Waals surface area contributed by atoms with E-state index in [1.807, 2.05) is 6.08 Å². The Labute approximate surface area is 570 Å². The van der Waals surface area contributed by atoms with E-state index in [1.54, 1.807) is 6.08 Å². The van der Waals surface area contributed by atoms with Crippen molar-refractivity contribution in [1.82, 2.24) is 5.32 Å². The largest absolute Gasteiger partial charge is 0.394 e. The summed E-state index contributed by atoms with van der Waals surface area (Å²) in [5.41, 5.74) is 0. The molecular weight excluding hydrogens is 1170 g/mol. The van der Waals surface area contributed by atoms with E-state index in [1.165, 1.54) is 315 Å². The number of amides is 1. The number of unbranched alkanes of at least 4 members (excludes halogenated alkanes) is 53. The molecule has 0 aromatic carbocycles. The summed E-state index contributed by atoms with van der Waals surface area (Å²) in [7, 11) is 0. The van der Waals surface area contributed by atoms with Crippen molar-refractivity contribution in [3.8, 4) is 0 Å². The highest BCUT2D eigenvalue weighted by atomic mass is 16.7. The lowest BCUT2D eigenvalue weighted by molar-refractivity contribution is -0.359. The first-order valence-corrected chi connectivity index (χ1v) is 40.1. The van der Waals surface area contributed by atoms with E-state index in [4.69, 9.17) is 18.9 Å². The van der Waals surface area contributed by atoms with Crippen LogP contribution in [-0.2, 0) is 23.7 Å². The van der Waals surface area contributed by atoms with Crippen LogP contribution in [0.4, 0.5) is 0 Å². The summed E-state index contributed by atoms with van der Waals surface area (Å²) in [5.74, 6) is -0.240. The van der Waals surface area contributed by atoms with E-state index in [9.17, 15) is 45.6 Å². The normalized spacial score (nSPS) is 22.6. The molecule has 0 aromatic heterocycles. The van der Waals surface area contributed by atoms with E-state index in [2.05, 4.69) is 31.3 Å². The lowest BCUT2D eigenvalue weighted by Gasteiger charge is -2.46. The van der Waals surface area contributed by atoms with Crippen LogP contribution in [-0.4, -0.2) is 140 Å². The number of aliphatic hydroxyl groups excluding tert-OH is 8. The third-order valence-electron chi connectivity index (χ3n) is 19.9. The average Bonchev–Trinajstić information content (AvgIpc) is 0.864. The van der Waals surface area contributed by atoms with Gasteiger partial charge in [0.05, 0.1) is 32.0 Å². The Morgan fingerprint density at radius 2 is 0.688 bits per heavy atom. The number of nitrogens with one attached hydrogen (secondary N) is 1. The van der Waals surface area contributed by atoms with Gasteiger partial charge in [-0.1, -0.05) is 366 Å². The second kappa shape index (κ2) is 63.9. The molecular formula is C79H151NO13. The van der Waals surface area contributed by atoms with Gasteiger partial charge in [0, 0.05) is 6.42 Å². The molecule has 0 aromatic rings. The van der Waals surface area contributed by atoms with E-state index < -0.39 is 86.8 Å². The van der Waals surface area contributed by atoms with Gasteiger partial charge in [-0.05, 0) is 32.1 Å². The first-order valence-electron chi connectivity index (χ1n) is 40.1. The molecule has 0 aliphatic carbocycles. The van der Waals surface area contributed by atoms with E-state index in [0.29, 0.717) is 12.8 Å². The van der Waals surface area contributed by atoms with Crippen LogP contribution in [0.15, 0.2) is 24.3 Å². The summed E-state index contributed by atoms with van der Waals surface area (Å²) >= 11 is 0. The predicted molar refractivity (Wildman–Crippen MR) is 383 cm³/mol. The van der Waals surface area contributed by atoms with Crippen LogP contribution in [0, 0.1) is 0 Å². The fraction of sp³-hybridized carbons (Fsp3) is 0.937. The number of ether oxygens (including phenoxy) is 4. The summed E-state index contributed by atoms with van der Waals surface area (Å²) in [6.45, 7) is 2.86. The van der Waals surface area contributed by atoms with Crippen molar-refractivity contribution in [3.63, 3.8) is 0 Å². The first-order chi connectivity index (χ1) is 45.6. The van der Waals surface area contributed by atoms with Crippen molar-refractivity contribution in [2.75, 3.05) is 19.8 Å². The molecule has 93 heavy (non-hydrogen) atoms. The van der Waals surface area contributed by atoms with Gasteiger partial charge in [-0.2, -0.15) is 0 Å². The number of hydrogen-bond acceptors (Lipinski definition) is 13. The molecule has 14 nitrogen and oxygen atoms in total. The molecule has 9 N–H and O–H groups in total. The number of hydrogen-bond donors (Lipinski definition) is 9. The summed E-state index contributed by atoms with van der Waals surface area (Å²) in [5, 5.41) is 87.6. The van der Waals surface area contributed by atoms with Crippen LogP contribution in [0.25, 0.3) is 0 Å². The van der Waals surface area contributed by atoms with Crippen LogP contribution >= 0.6 is 0 Å². The fourth-order valence-electron chi connectivity index (χ4n) is 13.6. The topological polar surface area (TPSA) is 228 Å². The van der Waals surface area contributed by atoms with Gasteiger partial charge in [0.2, 0.25) is 5.91 Å². The van der Waals surface area contributed by atoms with Crippen LogP contribution in [0.2, 0.25) is 0 Å². The summed E-state index contributed by atoms with van der Waals surface area (Å²) in [6.07, 6.45) is 65.6. The van der Waals surface area contributed by atoms with Gasteiger partial charge in [0.15, 0.2) is 12.6 Å². The van der Waals surface area contributed by atoms with Crippen molar-refractivity contribution in [1.29, 1.82) is 0 Å². The second-order valence-corrected chi connectivity index (χ2v) is 28.5. The van der Waals surface area contributed by atoms with Gasteiger partial charge >= 0.3 is 0 Å². The van der Waals surface area contributed by atoms with Gasteiger partial charge in [-0.25, -0.2) is 0 Å². The number of carbonyl (C=O) groups excluding carboxylic acids is 1. The number of rotatable bonds is 68. The molecule has 2 heterocycles. The molecule has 2 aliphatic rings. The molecule has 1 amide bonds. The van der Waals surface area contributed by atoms with Gasteiger partial charge in [-0.15, -0.1) is 0 Å². The summed E-state index contributed by atoms with van der Waals surface area (Å²) in [4.78, 5) is 13.4. The van der Waals surface area contributed by atoms with E-state index in [0.717, 1.165) is 32.1 Å². The second-order valence-electron chi connectivity index (χ2n) is 28.5. The molecule has 0 saturated carbocycles. The Balaban J connectivity index is 1.63. The molecule has 2 aliphatic heterocycles. The molecule has 14 heteroatoms. The van der Waals surface area contributed by atoms with Crippen molar-refractivity contribution in [2.45, 2.75) is 453 Å². The monoisotopic (exact) mass is 1320 g/mol. The molecule has 0 radical (unpaired) electrons. The summed E-state index contributed by atoms with van der Waals surface area (Å²) < 4.78 is 22.9. The smallest absolute Gasteiger partial charge is 0.220 e. The highest BCUT2D eigenvalue weighted by Crippen LogP contribution is 2.30. The molecule has 2 rings (SSSR count). The Morgan fingerprint density at radius 3 is 1.05 bits per heavy atom. The lowest BCUT2D eigenvalue weighted by Crippen LogP contribution is -2.65. The first kappa shape index (κ1) is 87.6. The van der Waals surface area contributed by atoms with Crippen LogP contribution in [0.3, 0.4) is 0 Å². The van der Waals surface area contributed by atoms with E-state index >= 15 is 0 Å². The predicted octanol–water partition coefficient (Wildman–Crippen LogP) is 17.9. The minimum absolute atomic E-state index is 0.240. The average molecular weight is 1320 g/mol. The van der Waals surface area contributed by atoms with Crippen LogP contribution in [0.1, 0.15) is 380 Å². The third kappa shape index (κ3) is 47.2. The van der Waals surface area contributed by atoms with Crippen LogP contribution < -0.4 is 5.32 Å². The Hall–Kier alpha value is -1.53. The lowest BCUT2D eigenvalue weighted by atomic mass is 9.97. The molecule has 2 saturated heterocycles. The zero-order chi connectivity index (χ0) is 67.3. The maximum Gasteiger partial charge on any atom is 0.220 e. The van der Waals surface area contributed by atoms with Gasteiger partial charge in [-0.3, -0.25) is 4.79 Å².